The van der Waals surface area contributed by atoms with Crippen molar-refractivity contribution in [2.75, 3.05) is 6.61 Å². The van der Waals surface area contributed by atoms with Crippen LogP contribution in [0.2, 0.25) is 0 Å². The van der Waals surface area contributed by atoms with Crippen LogP contribution in [0.4, 0.5) is 0 Å². The summed E-state index contributed by atoms with van der Waals surface area (Å²) in [5.74, 6) is 0.787. The van der Waals surface area contributed by atoms with Crippen LogP contribution in [0.1, 0.15) is 27.2 Å². The first kappa shape index (κ1) is 12.9. The lowest BCUT2D eigenvalue weighted by molar-refractivity contribution is 0.142. The number of alkyl halides is 2. The molecule has 0 aliphatic rings. The molecule has 0 saturated heterocycles. The van der Waals surface area contributed by atoms with Crippen molar-refractivity contribution in [1.29, 1.82) is 0 Å². The third kappa shape index (κ3) is 4.83. The van der Waals surface area contributed by atoms with E-state index >= 15 is 0 Å². The monoisotopic (exact) mass is 299 g/mol. The van der Waals surface area contributed by atoms with Gasteiger partial charge in [-0.15, -0.1) is 0 Å². The van der Waals surface area contributed by atoms with Crippen molar-refractivity contribution in [2.45, 2.75) is 36.8 Å². The van der Waals surface area contributed by atoms with Gasteiger partial charge in [-0.2, -0.15) is 0 Å². The fourth-order valence-corrected chi connectivity index (χ4v) is 2.25. The summed E-state index contributed by atoms with van der Waals surface area (Å²) in [6.07, 6.45) is 1.11. The maximum atomic E-state index is 10.6. The first-order valence-corrected chi connectivity index (χ1v) is 6.18. The maximum Gasteiger partial charge on any atom is 0.0858 e. The average Bonchev–Trinajstić information content (AvgIpc) is 2.00. The van der Waals surface area contributed by atoms with Gasteiger partial charge in [-0.05, 0) is 18.3 Å². The summed E-state index contributed by atoms with van der Waals surface area (Å²) in [5.41, 5.74) is 0. The molecule has 0 fully saturated rings. The van der Waals surface area contributed by atoms with Gasteiger partial charge in [0.15, 0.2) is 0 Å². The molecular weight excluding hydrogens is 284 g/mol. The van der Waals surface area contributed by atoms with E-state index in [9.17, 15) is 5.11 Å². The van der Waals surface area contributed by atoms with Gasteiger partial charge < -0.3 is 0 Å². The van der Waals surface area contributed by atoms with Gasteiger partial charge in [0.25, 0.3) is 0 Å². The fourth-order valence-electron chi connectivity index (χ4n) is 1.30. The molecule has 0 aromatic heterocycles. The molecule has 0 aromatic rings. The van der Waals surface area contributed by atoms with Gasteiger partial charge in [-0.3, -0.25) is 0 Å². The SMILES string of the molecule is CC(Br)CC(C)C(Br)C(C)C[O]. The van der Waals surface area contributed by atoms with E-state index in [0.29, 0.717) is 15.6 Å². The third-order valence-corrected chi connectivity index (χ3v) is 4.23. The van der Waals surface area contributed by atoms with Crippen LogP contribution in [0, 0.1) is 11.8 Å². The van der Waals surface area contributed by atoms with Crippen LogP contribution in [0.25, 0.3) is 0 Å². The summed E-state index contributed by atoms with van der Waals surface area (Å²) in [5, 5.41) is 10.6. The molecule has 12 heavy (non-hydrogen) atoms. The number of hydrogen-bond donors (Lipinski definition) is 0. The van der Waals surface area contributed by atoms with Crippen molar-refractivity contribution in [3.05, 3.63) is 0 Å². The van der Waals surface area contributed by atoms with Crippen molar-refractivity contribution in [2.24, 2.45) is 11.8 Å². The smallest absolute Gasteiger partial charge is 0.0858 e. The number of rotatable bonds is 5. The first-order chi connectivity index (χ1) is 5.49. The van der Waals surface area contributed by atoms with Crippen molar-refractivity contribution in [3.8, 4) is 0 Å². The van der Waals surface area contributed by atoms with Crippen molar-refractivity contribution >= 4 is 31.9 Å². The van der Waals surface area contributed by atoms with Crippen LogP contribution in [-0.2, 0) is 5.11 Å². The Morgan fingerprint density at radius 1 is 1.08 bits per heavy atom. The Labute approximate surface area is 92.2 Å². The Balaban J connectivity index is 3.83. The molecule has 3 heteroatoms. The van der Waals surface area contributed by atoms with E-state index in [0.717, 1.165) is 6.42 Å². The zero-order chi connectivity index (χ0) is 9.72. The standard InChI is InChI=1S/C9H17Br2O/c1-6(4-8(3)10)9(11)7(2)5-12/h6-9H,4-5H2,1-3H3. The second-order valence-electron chi connectivity index (χ2n) is 3.58. The summed E-state index contributed by atoms with van der Waals surface area (Å²) >= 11 is 7.09. The lowest BCUT2D eigenvalue weighted by Crippen LogP contribution is -2.23. The van der Waals surface area contributed by atoms with Crippen LogP contribution in [0.5, 0.6) is 0 Å². The molecule has 0 rings (SSSR count). The van der Waals surface area contributed by atoms with E-state index in [1.165, 1.54) is 0 Å². The number of hydrogen-bond acceptors (Lipinski definition) is 0. The van der Waals surface area contributed by atoms with Gasteiger partial charge in [0, 0.05) is 9.65 Å². The predicted octanol–water partition coefficient (Wildman–Crippen LogP) is 3.63. The summed E-state index contributed by atoms with van der Waals surface area (Å²) in [6, 6.07) is 0. The van der Waals surface area contributed by atoms with Crippen LogP contribution in [0.3, 0.4) is 0 Å². The lowest BCUT2D eigenvalue weighted by atomic mass is 9.94. The minimum Gasteiger partial charge on any atom is -0.236 e. The summed E-state index contributed by atoms with van der Waals surface area (Å²) in [7, 11) is 0. The van der Waals surface area contributed by atoms with Crippen LogP contribution >= 0.6 is 31.9 Å². The molecular formula is C9H17Br2O. The molecule has 73 valence electrons. The normalized spacial score (nSPS) is 21.5. The molecule has 0 spiro atoms. The molecule has 0 amide bonds. The molecule has 0 bridgehead atoms. The van der Waals surface area contributed by atoms with E-state index in [1.807, 2.05) is 6.92 Å². The second-order valence-corrected chi connectivity index (χ2v) is 6.20. The summed E-state index contributed by atoms with van der Waals surface area (Å²) in [4.78, 5) is 0.890. The minimum absolute atomic E-state index is 0.0108. The maximum absolute atomic E-state index is 10.6. The van der Waals surface area contributed by atoms with E-state index in [1.54, 1.807) is 0 Å². The van der Waals surface area contributed by atoms with E-state index in [2.05, 4.69) is 45.7 Å². The van der Waals surface area contributed by atoms with Crippen LogP contribution in [-0.4, -0.2) is 16.3 Å². The molecule has 0 aromatic carbocycles. The zero-order valence-electron chi connectivity index (χ0n) is 7.89. The highest BCUT2D eigenvalue weighted by atomic mass is 79.9. The lowest BCUT2D eigenvalue weighted by Gasteiger charge is -2.23. The molecule has 0 aliphatic carbocycles. The fraction of sp³-hybridized carbons (Fsp3) is 1.00. The number of halogens is 2. The zero-order valence-corrected chi connectivity index (χ0v) is 11.1. The Bertz CT molecular complexity index is 117. The van der Waals surface area contributed by atoms with E-state index in [4.69, 9.17) is 0 Å². The van der Waals surface area contributed by atoms with Crippen molar-refractivity contribution in [3.63, 3.8) is 0 Å². The third-order valence-electron chi connectivity index (χ3n) is 2.05. The Morgan fingerprint density at radius 2 is 1.58 bits per heavy atom. The topological polar surface area (TPSA) is 19.9 Å². The van der Waals surface area contributed by atoms with Gasteiger partial charge in [0.2, 0.25) is 0 Å². The summed E-state index contributed by atoms with van der Waals surface area (Å²) < 4.78 is 0. The quantitative estimate of drug-likeness (QED) is 0.691. The molecule has 0 saturated carbocycles. The molecule has 4 atom stereocenters. The average molecular weight is 301 g/mol. The summed E-state index contributed by atoms with van der Waals surface area (Å²) in [6.45, 7) is 6.33. The predicted molar refractivity (Wildman–Crippen MR) is 59.6 cm³/mol. The van der Waals surface area contributed by atoms with Gasteiger partial charge in [-0.25, -0.2) is 5.11 Å². The Kier molecular flexibility index (Phi) is 6.87. The Morgan fingerprint density at radius 3 is 1.92 bits per heavy atom. The second kappa shape index (κ2) is 6.39. The molecule has 0 aliphatic heterocycles. The van der Waals surface area contributed by atoms with Gasteiger partial charge in [-0.1, -0.05) is 52.6 Å². The van der Waals surface area contributed by atoms with Crippen molar-refractivity contribution in [1.82, 2.24) is 0 Å². The highest BCUT2D eigenvalue weighted by Crippen LogP contribution is 2.26. The molecule has 1 nitrogen and oxygen atoms in total. The van der Waals surface area contributed by atoms with Crippen LogP contribution < -0.4 is 0 Å². The highest BCUT2D eigenvalue weighted by Gasteiger charge is 2.21. The van der Waals surface area contributed by atoms with Gasteiger partial charge >= 0.3 is 0 Å². The minimum atomic E-state index is 0.0108. The molecule has 0 N–H and O–H groups in total. The molecule has 1 radical (unpaired) electrons. The largest absolute Gasteiger partial charge is 0.236 e. The Hall–Kier alpha value is 0.920. The molecule has 0 heterocycles. The van der Waals surface area contributed by atoms with Crippen molar-refractivity contribution < 1.29 is 5.11 Å². The van der Waals surface area contributed by atoms with Crippen LogP contribution in [0.15, 0.2) is 0 Å². The van der Waals surface area contributed by atoms with Gasteiger partial charge in [0.05, 0.1) is 6.61 Å². The van der Waals surface area contributed by atoms with E-state index in [-0.39, 0.29) is 12.5 Å². The van der Waals surface area contributed by atoms with Gasteiger partial charge in [0.1, 0.15) is 0 Å². The molecule has 4 unspecified atom stereocenters. The first-order valence-electron chi connectivity index (χ1n) is 4.35. The highest BCUT2D eigenvalue weighted by molar-refractivity contribution is 9.09. The van der Waals surface area contributed by atoms with E-state index < -0.39 is 0 Å².